The molecule has 0 aromatic carbocycles. The van der Waals surface area contributed by atoms with Crippen molar-refractivity contribution in [2.45, 2.75) is 19.3 Å². The summed E-state index contributed by atoms with van der Waals surface area (Å²) in [6, 6.07) is 0. The molecule has 1 aliphatic heterocycles. The van der Waals surface area contributed by atoms with Crippen LogP contribution in [-0.4, -0.2) is 23.5 Å². The monoisotopic (exact) mass is 222 g/mol. The number of carbonyl (C=O) groups excluding carboxylic acids is 4. The number of Topliss-reactive ketones (excluding diaryl/α,β-unsaturated/α-hetero) is 2. The van der Waals surface area contributed by atoms with Crippen molar-refractivity contribution in [3.8, 4) is 0 Å². The van der Waals surface area contributed by atoms with Crippen LogP contribution in [0.15, 0.2) is 0 Å². The van der Waals surface area contributed by atoms with E-state index >= 15 is 0 Å². The Kier molecular flexibility index (Phi) is 1.81. The van der Waals surface area contributed by atoms with Gasteiger partial charge in [0.25, 0.3) is 0 Å². The third kappa shape index (κ3) is 1.11. The van der Waals surface area contributed by atoms with Gasteiger partial charge in [0.05, 0.1) is 18.8 Å². The number of ketones is 2. The molecule has 1 saturated heterocycles. The Balaban J connectivity index is 2.02. The van der Waals surface area contributed by atoms with E-state index in [1.54, 1.807) is 0 Å². The first-order valence-electron chi connectivity index (χ1n) is 5.38. The zero-order valence-corrected chi connectivity index (χ0v) is 8.47. The van der Waals surface area contributed by atoms with Crippen molar-refractivity contribution in [1.29, 1.82) is 0 Å². The Hall–Kier alpha value is -1.52. The zero-order valence-electron chi connectivity index (χ0n) is 8.47. The van der Waals surface area contributed by atoms with Crippen LogP contribution < -0.4 is 0 Å². The van der Waals surface area contributed by atoms with Crippen LogP contribution in [0.3, 0.4) is 0 Å². The first-order valence-corrected chi connectivity index (χ1v) is 5.38. The van der Waals surface area contributed by atoms with Crippen molar-refractivity contribution in [3.63, 3.8) is 0 Å². The summed E-state index contributed by atoms with van der Waals surface area (Å²) in [7, 11) is 0. The molecule has 3 aliphatic rings. The fraction of sp³-hybridized carbons (Fsp3) is 0.636. The maximum absolute atomic E-state index is 11.6. The van der Waals surface area contributed by atoms with Crippen molar-refractivity contribution < 1.29 is 23.9 Å². The van der Waals surface area contributed by atoms with E-state index < -0.39 is 23.8 Å². The van der Waals surface area contributed by atoms with Crippen LogP contribution in [0.4, 0.5) is 0 Å². The number of hydrogen-bond acceptors (Lipinski definition) is 5. The summed E-state index contributed by atoms with van der Waals surface area (Å²) < 4.78 is 4.55. The molecule has 0 N–H and O–H groups in total. The Bertz CT molecular complexity index is 424. The molecule has 0 spiro atoms. The summed E-state index contributed by atoms with van der Waals surface area (Å²) in [6.45, 7) is 0. The molecular weight excluding hydrogens is 212 g/mol. The van der Waals surface area contributed by atoms with E-state index in [0.717, 1.165) is 0 Å². The Labute approximate surface area is 91.1 Å². The summed E-state index contributed by atoms with van der Waals surface area (Å²) in [5.41, 5.74) is 0. The fourth-order valence-corrected chi connectivity index (χ4v) is 3.30. The minimum Gasteiger partial charge on any atom is -0.393 e. The second kappa shape index (κ2) is 2.99. The normalized spacial score (nSPS) is 42.0. The van der Waals surface area contributed by atoms with Gasteiger partial charge in [-0.3, -0.25) is 19.2 Å². The molecule has 3 rings (SSSR count). The van der Waals surface area contributed by atoms with E-state index in [-0.39, 0.29) is 36.2 Å². The van der Waals surface area contributed by atoms with Gasteiger partial charge in [0.1, 0.15) is 11.6 Å². The lowest BCUT2D eigenvalue weighted by atomic mass is 9.83. The molecule has 3 fully saturated rings. The Morgan fingerprint density at radius 3 is 2.44 bits per heavy atom. The summed E-state index contributed by atoms with van der Waals surface area (Å²) in [6.07, 6.45) is 0.440. The highest BCUT2D eigenvalue weighted by Gasteiger charge is 2.58. The molecule has 84 valence electrons. The smallest absolute Gasteiger partial charge is 0.317 e. The quantitative estimate of drug-likeness (QED) is 0.421. The van der Waals surface area contributed by atoms with E-state index in [9.17, 15) is 19.2 Å². The first kappa shape index (κ1) is 9.69. The van der Waals surface area contributed by atoms with E-state index in [1.165, 1.54) is 0 Å². The van der Waals surface area contributed by atoms with Gasteiger partial charge in [-0.1, -0.05) is 0 Å². The molecule has 2 saturated carbocycles. The van der Waals surface area contributed by atoms with Crippen LogP contribution in [0.1, 0.15) is 19.3 Å². The van der Waals surface area contributed by atoms with Crippen molar-refractivity contribution >= 4 is 23.5 Å². The summed E-state index contributed by atoms with van der Waals surface area (Å²) in [5.74, 6) is -3.00. The molecule has 4 atom stereocenters. The van der Waals surface area contributed by atoms with Crippen LogP contribution in [0.5, 0.6) is 0 Å². The molecule has 4 unspecified atom stereocenters. The molecule has 5 nitrogen and oxygen atoms in total. The van der Waals surface area contributed by atoms with Gasteiger partial charge >= 0.3 is 11.9 Å². The Morgan fingerprint density at radius 2 is 1.69 bits per heavy atom. The minimum atomic E-state index is -0.614. The second-order valence-corrected chi connectivity index (χ2v) is 4.74. The van der Waals surface area contributed by atoms with Crippen molar-refractivity contribution in [3.05, 3.63) is 0 Å². The SMILES string of the molecule is O=C1CC2C3CC(C(=O)CC3=O)C2C(=O)O1. The lowest BCUT2D eigenvalue weighted by Crippen LogP contribution is -2.37. The lowest BCUT2D eigenvalue weighted by molar-refractivity contribution is -0.172. The third-order valence-corrected chi connectivity index (χ3v) is 3.98. The van der Waals surface area contributed by atoms with Crippen LogP contribution in [0.25, 0.3) is 0 Å². The zero-order chi connectivity index (χ0) is 11.4. The summed E-state index contributed by atoms with van der Waals surface area (Å²) in [4.78, 5) is 46.0. The van der Waals surface area contributed by atoms with Gasteiger partial charge < -0.3 is 4.74 Å². The number of hydrogen-bond donors (Lipinski definition) is 0. The Morgan fingerprint density at radius 1 is 1.00 bits per heavy atom. The fourth-order valence-electron chi connectivity index (χ4n) is 3.30. The van der Waals surface area contributed by atoms with E-state index in [2.05, 4.69) is 4.74 Å². The molecule has 1 heterocycles. The van der Waals surface area contributed by atoms with Gasteiger partial charge in [-0.05, 0) is 12.3 Å². The molecule has 5 heteroatoms. The number of fused-ring (bicyclic) bond motifs is 5. The largest absolute Gasteiger partial charge is 0.393 e. The molecule has 0 amide bonds. The van der Waals surface area contributed by atoms with Crippen molar-refractivity contribution in [2.24, 2.45) is 23.7 Å². The highest BCUT2D eigenvalue weighted by molar-refractivity contribution is 6.08. The lowest BCUT2D eigenvalue weighted by Gasteiger charge is -2.25. The molecule has 2 aliphatic carbocycles. The third-order valence-electron chi connectivity index (χ3n) is 3.98. The number of rotatable bonds is 0. The molecule has 2 bridgehead atoms. The number of carbonyl (C=O) groups is 4. The van der Waals surface area contributed by atoms with Gasteiger partial charge in [0.2, 0.25) is 0 Å². The maximum Gasteiger partial charge on any atom is 0.317 e. The van der Waals surface area contributed by atoms with Crippen molar-refractivity contribution in [1.82, 2.24) is 0 Å². The van der Waals surface area contributed by atoms with Gasteiger partial charge in [-0.2, -0.15) is 0 Å². The molecular formula is C11H10O5. The molecule has 0 aromatic rings. The predicted octanol–water partition coefficient (Wildman–Crippen LogP) is -0.130. The number of cyclic esters (lactones) is 2. The maximum atomic E-state index is 11.6. The second-order valence-electron chi connectivity index (χ2n) is 4.74. The topological polar surface area (TPSA) is 77.5 Å². The van der Waals surface area contributed by atoms with Crippen LogP contribution >= 0.6 is 0 Å². The summed E-state index contributed by atoms with van der Waals surface area (Å²) in [5, 5.41) is 0. The van der Waals surface area contributed by atoms with E-state index in [1.807, 2.05) is 0 Å². The highest BCUT2D eigenvalue weighted by Crippen LogP contribution is 2.50. The van der Waals surface area contributed by atoms with Crippen LogP contribution in [0, 0.1) is 23.7 Å². The van der Waals surface area contributed by atoms with Crippen molar-refractivity contribution in [2.75, 3.05) is 0 Å². The van der Waals surface area contributed by atoms with E-state index in [4.69, 9.17) is 0 Å². The van der Waals surface area contributed by atoms with Crippen LogP contribution in [-0.2, 0) is 23.9 Å². The average molecular weight is 222 g/mol. The highest BCUT2D eigenvalue weighted by atomic mass is 16.6. The molecule has 0 radical (unpaired) electrons. The van der Waals surface area contributed by atoms with Gasteiger partial charge in [-0.15, -0.1) is 0 Å². The van der Waals surface area contributed by atoms with Gasteiger partial charge in [-0.25, -0.2) is 0 Å². The number of esters is 2. The van der Waals surface area contributed by atoms with Gasteiger partial charge in [0, 0.05) is 11.8 Å². The van der Waals surface area contributed by atoms with Crippen LogP contribution in [0.2, 0.25) is 0 Å². The summed E-state index contributed by atoms with van der Waals surface area (Å²) >= 11 is 0. The first-order chi connectivity index (χ1) is 7.58. The molecule has 0 aromatic heterocycles. The van der Waals surface area contributed by atoms with E-state index in [0.29, 0.717) is 6.42 Å². The molecule has 16 heavy (non-hydrogen) atoms. The minimum absolute atomic E-state index is 0.0796. The number of ether oxygens (including phenoxy) is 1. The predicted molar refractivity (Wildman–Crippen MR) is 48.9 cm³/mol. The standard InChI is InChI=1S/C11H10O5/c12-7-3-8(13)6-1-4(7)5-2-9(14)16-11(15)10(5)6/h4-6,10H,1-3H2. The average Bonchev–Trinajstić information content (AvgIpc) is 2.52. The van der Waals surface area contributed by atoms with Gasteiger partial charge in [0.15, 0.2) is 0 Å².